The van der Waals surface area contributed by atoms with Crippen molar-refractivity contribution in [1.29, 1.82) is 5.26 Å². The summed E-state index contributed by atoms with van der Waals surface area (Å²) in [5.41, 5.74) is -0.153. The second kappa shape index (κ2) is 6.98. The summed E-state index contributed by atoms with van der Waals surface area (Å²) in [6, 6.07) is 6.68. The highest BCUT2D eigenvalue weighted by atomic mass is 32.2. The topological polar surface area (TPSA) is 113 Å². The molecule has 8 heteroatoms. The van der Waals surface area contributed by atoms with Crippen LogP contribution in [0.2, 0.25) is 0 Å². The molecule has 1 unspecified atom stereocenters. The molecule has 1 rings (SSSR count). The monoisotopic (exact) mass is 297 g/mol. The largest absolute Gasteiger partial charge is 0.273 e. The average molecular weight is 297 g/mol. The molecule has 1 atom stereocenters. The van der Waals surface area contributed by atoms with Gasteiger partial charge in [0.1, 0.15) is 6.04 Å². The highest BCUT2D eigenvalue weighted by Crippen LogP contribution is 2.19. The van der Waals surface area contributed by atoms with Crippen LogP contribution in [0.4, 0.5) is 5.69 Å². The van der Waals surface area contributed by atoms with Crippen molar-refractivity contribution >= 4 is 15.7 Å². The van der Waals surface area contributed by atoms with Gasteiger partial charge in [0.05, 0.1) is 16.7 Å². The molecule has 1 aromatic carbocycles. The number of sulfonamides is 1. The summed E-state index contributed by atoms with van der Waals surface area (Å²) >= 11 is 0. The number of nitrogens with zero attached hydrogens (tertiary/aromatic N) is 2. The molecule has 0 radical (unpaired) electrons. The zero-order valence-corrected chi connectivity index (χ0v) is 11.8. The molecule has 0 aliphatic heterocycles. The lowest BCUT2D eigenvalue weighted by molar-refractivity contribution is -0.385. The van der Waals surface area contributed by atoms with Crippen LogP contribution in [0.1, 0.15) is 25.3 Å². The normalized spacial score (nSPS) is 12.6. The van der Waals surface area contributed by atoms with E-state index in [9.17, 15) is 18.5 Å². The first-order chi connectivity index (χ1) is 9.39. The van der Waals surface area contributed by atoms with Crippen LogP contribution in [0, 0.1) is 21.4 Å². The fourth-order valence-electron chi connectivity index (χ4n) is 1.71. The van der Waals surface area contributed by atoms with Crippen LogP contribution in [-0.4, -0.2) is 19.4 Å². The Bertz CT molecular complexity index is 622. The molecule has 0 amide bonds. The van der Waals surface area contributed by atoms with Crippen molar-refractivity contribution in [3.8, 4) is 6.07 Å². The first kappa shape index (κ1) is 16.1. The Hall–Kier alpha value is -1.98. The lowest BCUT2D eigenvalue weighted by Gasteiger charge is -2.11. The maximum Gasteiger partial charge on any atom is 0.273 e. The third-order valence-corrected chi connectivity index (χ3v) is 3.92. The Morgan fingerprint density at radius 3 is 2.65 bits per heavy atom. The van der Waals surface area contributed by atoms with Gasteiger partial charge in [0.15, 0.2) is 0 Å². The van der Waals surface area contributed by atoms with Crippen LogP contribution in [0.5, 0.6) is 0 Å². The quantitative estimate of drug-likeness (QED) is 0.608. The second-order valence-corrected chi connectivity index (χ2v) is 5.99. The summed E-state index contributed by atoms with van der Waals surface area (Å²) in [5, 5.41) is 19.7. The minimum atomic E-state index is -3.80. The number of nitro benzene ring substituents is 1. The molecule has 20 heavy (non-hydrogen) atoms. The van der Waals surface area contributed by atoms with Crippen molar-refractivity contribution in [2.45, 2.75) is 31.6 Å². The molecule has 0 aliphatic carbocycles. The van der Waals surface area contributed by atoms with Crippen LogP contribution in [-0.2, 0) is 15.8 Å². The molecule has 1 N–H and O–H groups in total. The van der Waals surface area contributed by atoms with Crippen molar-refractivity contribution in [3.63, 3.8) is 0 Å². The van der Waals surface area contributed by atoms with E-state index in [-0.39, 0.29) is 11.3 Å². The van der Waals surface area contributed by atoms with Gasteiger partial charge in [-0.25, -0.2) is 8.42 Å². The van der Waals surface area contributed by atoms with Gasteiger partial charge < -0.3 is 0 Å². The molecular weight excluding hydrogens is 282 g/mol. The molecule has 0 aromatic heterocycles. The molecule has 0 heterocycles. The van der Waals surface area contributed by atoms with E-state index in [1.807, 2.05) is 13.0 Å². The second-order valence-electron chi connectivity index (χ2n) is 4.23. The zero-order chi connectivity index (χ0) is 15.2. The van der Waals surface area contributed by atoms with E-state index < -0.39 is 26.7 Å². The predicted octanol–water partition coefficient (Wildman–Crippen LogP) is 1.71. The van der Waals surface area contributed by atoms with Crippen LogP contribution in [0.25, 0.3) is 0 Å². The number of hydrogen-bond acceptors (Lipinski definition) is 5. The van der Waals surface area contributed by atoms with Crippen LogP contribution >= 0.6 is 0 Å². The predicted molar refractivity (Wildman–Crippen MR) is 73.2 cm³/mol. The van der Waals surface area contributed by atoms with Crippen LogP contribution in [0.3, 0.4) is 0 Å². The highest BCUT2D eigenvalue weighted by Gasteiger charge is 2.22. The lowest BCUT2D eigenvalue weighted by Crippen LogP contribution is -2.34. The number of para-hydroxylation sites is 1. The molecule has 7 nitrogen and oxygen atoms in total. The van der Waals surface area contributed by atoms with Crippen molar-refractivity contribution in [3.05, 3.63) is 39.9 Å². The van der Waals surface area contributed by atoms with E-state index in [0.717, 1.165) is 0 Å². The van der Waals surface area contributed by atoms with Gasteiger partial charge in [-0.05, 0) is 6.42 Å². The fraction of sp³-hybridized carbons (Fsp3) is 0.417. The number of benzene rings is 1. The van der Waals surface area contributed by atoms with E-state index in [4.69, 9.17) is 5.26 Å². The van der Waals surface area contributed by atoms with Gasteiger partial charge in [-0.1, -0.05) is 31.5 Å². The first-order valence-corrected chi connectivity index (χ1v) is 7.66. The van der Waals surface area contributed by atoms with Crippen molar-refractivity contribution < 1.29 is 13.3 Å². The van der Waals surface area contributed by atoms with Crippen molar-refractivity contribution in [2.75, 3.05) is 0 Å². The molecule has 0 bridgehead atoms. The lowest BCUT2D eigenvalue weighted by atomic mass is 10.2. The Morgan fingerprint density at radius 2 is 2.10 bits per heavy atom. The highest BCUT2D eigenvalue weighted by molar-refractivity contribution is 7.88. The van der Waals surface area contributed by atoms with Gasteiger partial charge >= 0.3 is 0 Å². The van der Waals surface area contributed by atoms with Gasteiger partial charge in [0.25, 0.3) is 5.69 Å². The van der Waals surface area contributed by atoms with E-state index in [1.54, 1.807) is 0 Å². The number of rotatable bonds is 7. The molecule has 0 saturated heterocycles. The Morgan fingerprint density at radius 1 is 1.45 bits per heavy atom. The third kappa shape index (κ3) is 4.60. The molecule has 1 aromatic rings. The summed E-state index contributed by atoms with van der Waals surface area (Å²) in [7, 11) is -3.80. The summed E-state index contributed by atoms with van der Waals surface area (Å²) < 4.78 is 26.1. The SMILES string of the molecule is CCCC(C#N)NS(=O)(=O)Cc1ccccc1[N+](=O)[O-]. The van der Waals surface area contributed by atoms with Gasteiger partial charge in [-0.2, -0.15) is 9.98 Å². The molecule has 0 fully saturated rings. The van der Waals surface area contributed by atoms with Crippen molar-refractivity contribution in [2.24, 2.45) is 0 Å². The molecular formula is C12H15N3O4S. The summed E-state index contributed by atoms with van der Waals surface area (Å²) in [4.78, 5) is 10.2. The van der Waals surface area contributed by atoms with Crippen LogP contribution < -0.4 is 4.72 Å². The maximum absolute atomic E-state index is 11.9. The zero-order valence-electron chi connectivity index (χ0n) is 10.9. The Labute approximate surface area is 117 Å². The molecule has 108 valence electrons. The van der Waals surface area contributed by atoms with Crippen molar-refractivity contribution in [1.82, 2.24) is 4.72 Å². The number of nitriles is 1. The fourth-order valence-corrected chi connectivity index (χ4v) is 3.05. The van der Waals surface area contributed by atoms with E-state index in [1.165, 1.54) is 24.3 Å². The van der Waals surface area contributed by atoms with Gasteiger partial charge in [-0.3, -0.25) is 10.1 Å². The summed E-state index contributed by atoms with van der Waals surface area (Å²) in [6.07, 6.45) is 1.05. The summed E-state index contributed by atoms with van der Waals surface area (Å²) in [5.74, 6) is -0.522. The molecule has 0 saturated carbocycles. The molecule has 0 aliphatic rings. The van der Waals surface area contributed by atoms with Gasteiger partial charge in [-0.15, -0.1) is 0 Å². The first-order valence-electron chi connectivity index (χ1n) is 6.01. The number of nitrogens with one attached hydrogen (secondary N) is 1. The summed E-state index contributed by atoms with van der Waals surface area (Å²) in [6.45, 7) is 1.83. The van der Waals surface area contributed by atoms with Gasteiger partial charge in [0.2, 0.25) is 10.0 Å². The van der Waals surface area contributed by atoms with E-state index in [2.05, 4.69) is 4.72 Å². The maximum atomic E-state index is 11.9. The standard InChI is InChI=1S/C12H15N3O4S/c1-2-5-11(8-13)14-20(18,19)9-10-6-3-4-7-12(10)15(16)17/h3-4,6-7,11,14H,2,5,9H2,1H3. The number of hydrogen-bond donors (Lipinski definition) is 1. The Kier molecular flexibility index (Phi) is 5.61. The third-order valence-electron chi connectivity index (χ3n) is 2.59. The Balaban J connectivity index is 2.92. The molecule has 0 spiro atoms. The minimum Gasteiger partial charge on any atom is -0.258 e. The minimum absolute atomic E-state index is 0.0955. The van der Waals surface area contributed by atoms with E-state index >= 15 is 0 Å². The average Bonchev–Trinajstić information content (AvgIpc) is 2.37. The van der Waals surface area contributed by atoms with Crippen LogP contribution in [0.15, 0.2) is 24.3 Å². The van der Waals surface area contributed by atoms with Gasteiger partial charge in [0, 0.05) is 11.6 Å². The number of nitro groups is 1. The smallest absolute Gasteiger partial charge is 0.258 e. The van der Waals surface area contributed by atoms with E-state index in [0.29, 0.717) is 12.8 Å².